The Morgan fingerprint density at radius 1 is 1.24 bits per heavy atom. The highest BCUT2D eigenvalue weighted by Crippen LogP contribution is 2.37. The minimum atomic E-state index is -0.649. The van der Waals surface area contributed by atoms with Crippen molar-refractivity contribution in [3.63, 3.8) is 0 Å². The molecule has 2 aliphatic rings. The van der Waals surface area contributed by atoms with Gasteiger partial charge in [0.05, 0.1) is 6.04 Å². The third-order valence-corrected chi connectivity index (χ3v) is 5.93. The summed E-state index contributed by atoms with van der Waals surface area (Å²) in [5, 5.41) is 10.8. The second-order valence-corrected chi connectivity index (χ2v) is 8.67. The molecule has 1 heterocycles. The van der Waals surface area contributed by atoms with Crippen molar-refractivity contribution >= 4 is 0 Å². The minimum Gasteiger partial charge on any atom is -0.487 e. The van der Waals surface area contributed by atoms with E-state index in [0.717, 1.165) is 25.9 Å². The van der Waals surface area contributed by atoms with Gasteiger partial charge in [0.15, 0.2) is 0 Å². The maximum atomic E-state index is 13.3. The van der Waals surface area contributed by atoms with Crippen LogP contribution in [0.3, 0.4) is 0 Å². The van der Waals surface area contributed by atoms with Crippen molar-refractivity contribution in [3.05, 3.63) is 30.1 Å². The molecule has 5 heteroatoms. The van der Waals surface area contributed by atoms with Gasteiger partial charge in [-0.05, 0) is 49.4 Å². The molecule has 0 amide bonds. The third-order valence-electron chi connectivity index (χ3n) is 5.93. The fourth-order valence-corrected chi connectivity index (χ4v) is 4.40. The first-order valence-corrected chi connectivity index (χ1v) is 9.35. The van der Waals surface area contributed by atoms with Crippen molar-refractivity contribution in [2.24, 2.45) is 17.1 Å². The van der Waals surface area contributed by atoms with Crippen molar-refractivity contribution in [2.45, 2.75) is 64.3 Å². The second kappa shape index (κ2) is 7.22. The van der Waals surface area contributed by atoms with Gasteiger partial charge in [0.2, 0.25) is 0 Å². The maximum Gasteiger partial charge on any atom is 0.128 e. The number of aliphatic hydroxyl groups is 1. The third kappa shape index (κ3) is 4.15. The van der Waals surface area contributed by atoms with Crippen LogP contribution in [-0.4, -0.2) is 47.4 Å². The molecule has 1 aliphatic carbocycles. The first-order chi connectivity index (χ1) is 11.8. The highest BCUT2D eigenvalue weighted by molar-refractivity contribution is 5.23. The topological polar surface area (TPSA) is 58.7 Å². The molecule has 0 aromatic heterocycles. The summed E-state index contributed by atoms with van der Waals surface area (Å²) < 4.78 is 19.2. The number of aliphatic hydroxyl groups excluding tert-OH is 1. The standard InChI is InChI=1S/C20H31FN2O2/c1-20(2,3)13-7-9-23(10-8-13)18-16(22)12-17(19(18)24)25-15-6-4-5-14(21)11-15/h4-6,11,13,16-19,24H,7-10,12,22H2,1-3H3/t16-,17-,18+,19+/m1/s1. The van der Waals surface area contributed by atoms with E-state index < -0.39 is 6.10 Å². The lowest BCUT2D eigenvalue weighted by Crippen LogP contribution is -2.54. The predicted octanol–water partition coefficient (Wildman–Crippen LogP) is 2.79. The molecule has 0 radical (unpaired) electrons. The average Bonchev–Trinajstić information content (AvgIpc) is 2.81. The smallest absolute Gasteiger partial charge is 0.128 e. The van der Waals surface area contributed by atoms with Gasteiger partial charge in [0, 0.05) is 18.5 Å². The van der Waals surface area contributed by atoms with Gasteiger partial charge in [-0.3, -0.25) is 4.90 Å². The normalized spacial score (nSPS) is 32.1. The zero-order valence-corrected chi connectivity index (χ0v) is 15.5. The van der Waals surface area contributed by atoms with E-state index in [9.17, 15) is 9.50 Å². The van der Waals surface area contributed by atoms with Gasteiger partial charge in [-0.1, -0.05) is 26.8 Å². The van der Waals surface area contributed by atoms with E-state index in [-0.39, 0.29) is 24.0 Å². The van der Waals surface area contributed by atoms with E-state index >= 15 is 0 Å². The molecule has 2 fully saturated rings. The van der Waals surface area contributed by atoms with Crippen molar-refractivity contribution in [1.82, 2.24) is 4.90 Å². The molecule has 1 aromatic rings. The molecule has 4 atom stereocenters. The SMILES string of the molecule is CC(C)(C)C1CCN([C@@H]2[C@@H](O)[C@H](Oc3cccc(F)c3)C[C@H]2N)CC1. The Kier molecular flexibility index (Phi) is 5.37. The molecule has 0 unspecified atom stereocenters. The molecule has 3 N–H and O–H groups in total. The van der Waals surface area contributed by atoms with Crippen LogP contribution in [0, 0.1) is 17.2 Å². The van der Waals surface area contributed by atoms with Crippen molar-refractivity contribution in [3.8, 4) is 5.75 Å². The number of likely N-dealkylation sites (tertiary alicyclic amines) is 1. The summed E-state index contributed by atoms with van der Waals surface area (Å²) in [6.07, 6.45) is 1.82. The molecule has 0 bridgehead atoms. The highest BCUT2D eigenvalue weighted by Gasteiger charge is 2.46. The molecular weight excluding hydrogens is 319 g/mol. The fourth-order valence-electron chi connectivity index (χ4n) is 4.40. The van der Waals surface area contributed by atoms with Crippen LogP contribution in [0.4, 0.5) is 4.39 Å². The number of hydrogen-bond donors (Lipinski definition) is 2. The number of hydrogen-bond acceptors (Lipinski definition) is 4. The summed E-state index contributed by atoms with van der Waals surface area (Å²) in [6, 6.07) is 5.84. The Labute approximate surface area is 150 Å². The number of ether oxygens (including phenoxy) is 1. The van der Waals surface area contributed by atoms with Gasteiger partial charge in [-0.2, -0.15) is 0 Å². The number of nitrogens with two attached hydrogens (primary N) is 1. The lowest BCUT2D eigenvalue weighted by atomic mass is 9.75. The fraction of sp³-hybridized carbons (Fsp3) is 0.700. The van der Waals surface area contributed by atoms with Gasteiger partial charge >= 0.3 is 0 Å². The van der Waals surface area contributed by atoms with E-state index in [0.29, 0.717) is 23.5 Å². The van der Waals surface area contributed by atoms with Crippen LogP contribution in [0.25, 0.3) is 0 Å². The molecule has 4 nitrogen and oxygen atoms in total. The molecule has 1 saturated carbocycles. The van der Waals surface area contributed by atoms with E-state index in [1.807, 2.05) is 0 Å². The lowest BCUT2D eigenvalue weighted by Gasteiger charge is -2.42. The molecule has 3 rings (SSSR count). The number of nitrogens with zero attached hydrogens (tertiary/aromatic N) is 1. The van der Waals surface area contributed by atoms with E-state index in [2.05, 4.69) is 25.7 Å². The van der Waals surface area contributed by atoms with Crippen LogP contribution in [0.5, 0.6) is 5.75 Å². The van der Waals surface area contributed by atoms with Crippen molar-refractivity contribution in [2.75, 3.05) is 13.1 Å². The van der Waals surface area contributed by atoms with Gasteiger partial charge in [-0.15, -0.1) is 0 Å². The van der Waals surface area contributed by atoms with Gasteiger partial charge in [0.1, 0.15) is 23.8 Å². The Bertz CT molecular complexity index is 581. The molecule has 0 spiro atoms. The van der Waals surface area contributed by atoms with Crippen LogP contribution in [0.2, 0.25) is 0 Å². The summed E-state index contributed by atoms with van der Waals surface area (Å²) in [4.78, 5) is 2.33. The van der Waals surface area contributed by atoms with E-state index in [4.69, 9.17) is 10.5 Å². The number of benzene rings is 1. The first-order valence-electron chi connectivity index (χ1n) is 9.35. The number of halogens is 1. The lowest BCUT2D eigenvalue weighted by molar-refractivity contribution is -0.00926. The summed E-state index contributed by atoms with van der Waals surface area (Å²) in [5.74, 6) is 0.816. The number of rotatable bonds is 3. The zero-order valence-electron chi connectivity index (χ0n) is 15.5. The van der Waals surface area contributed by atoms with Crippen molar-refractivity contribution < 1.29 is 14.2 Å². The monoisotopic (exact) mass is 350 g/mol. The Morgan fingerprint density at radius 2 is 1.92 bits per heavy atom. The second-order valence-electron chi connectivity index (χ2n) is 8.67. The Morgan fingerprint density at radius 3 is 2.52 bits per heavy atom. The summed E-state index contributed by atoms with van der Waals surface area (Å²) in [6.45, 7) is 8.82. The van der Waals surface area contributed by atoms with Crippen LogP contribution in [-0.2, 0) is 0 Å². The summed E-state index contributed by atoms with van der Waals surface area (Å²) >= 11 is 0. The van der Waals surface area contributed by atoms with Gasteiger partial charge in [-0.25, -0.2) is 4.39 Å². The van der Waals surface area contributed by atoms with E-state index in [1.54, 1.807) is 12.1 Å². The zero-order chi connectivity index (χ0) is 18.2. The maximum absolute atomic E-state index is 13.3. The molecular formula is C20H31FN2O2. The van der Waals surface area contributed by atoms with Gasteiger partial charge in [0.25, 0.3) is 0 Å². The Hall–Kier alpha value is -1.17. The molecule has 25 heavy (non-hydrogen) atoms. The predicted molar refractivity (Wildman–Crippen MR) is 97.0 cm³/mol. The Balaban J connectivity index is 1.62. The quantitative estimate of drug-likeness (QED) is 0.880. The first kappa shape index (κ1) is 18.6. The largest absolute Gasteiger partial charge is 0.487 e. The number of piperidine rings is 1. The minimum absolute atomic E-state index is 0.0838. The van der Waals surface area contributed by atoms with Crippen LogP contribution in [0.1, 0.15) is 40.0 Å². The molecule has 1 saturated heterocycles. The summed E-state index contributed by atoms with van der Waals surface area (Å²) in [7, 11) is 0. The molecule has 1 aliphatic heterocycles. The van der Waals surface area contributed by atoms with E-state index in [1.165, 1.54) is 12.1 Å². The highest BCUT2D eigenvalue weighted by atomic mass is 19.1. The molecule has 1 aromatic carbocycles. The van der Waals surface area contributed by atoms with Crippen LogP contribution >= 0.6 is 0 Å². The van der Waals surface area contributed by atoms with Crippen LogP contribution in [0.15, 0.2) is 24.3 Å². The molecule has 140 valence electrons. The average molecular weight is 350 g/mol. The van der Waals surface area contributed by atoms with Crippen LogP contribution < -0.4 is 10.5 Å². The van der Waals surface area contributed by atoms with Crippen molar-refractivity contribution in [1.29, 1.82) is 0 Å². The summed E-state index contributed by atoms with van der Waals surface area (Å²) in [5.41, 5.74) is 6.66. The van der Waals surface area contributed by atoms with Gasteiger partial charge < -0.3 is 15.6 Å².